The maximum absolute atomic E-state index is 11.3. The molecule has 0 amide bonds. The van der Waals surface area contributed by atoms with Crippen LogP contribution in [0.25, 0.3) is 0 Å². The Bertz CT molecular complexity index is 719. The highest BCUT2D eigenvalue weighted by molar-refractivity contribution is 7.90. The van der Waals surface area contributed by atoms with Crippen molar-refractivity contribution in [3.63, 3.8) is 0 Å². The molecule has 8 heteroatoms. The molecule has 0 aliphatic heterocycles. The van der Waals surface area contributed by atoms with Crippen molar-refractivity contribution in [3.05, 3.63) is 33.8 Å². The fourth-order valence-corrected chi connectivity index (χ4v) is 3.37. The predicted molar refractivity (Wildman–Crippen MR) is 107 cm³/mol. The summed E-state index contributed by atoms with van der Waals surface area (Å²) in [6.07, 6.45) is 1.84. The molecule has 1 atom stereocenters. The Kier molecular flexibility index (Phi) is 8.03. The lowest BCUT2D eigenvalue weighted by atomic mass is 9.90. The van der Waals surface area contributed by atoms with Crippen molar-refractivity contribution in [2.45, 2.75) is 33.2 Å². The molecule has 1 aromatic rings. The summed E-state index contributed by atoms with van der Waals surface area (Å²) in [5.74, 6) is 0.818. The molecule has 2 N–H and O–H groups in total. The third-order valence-corrected chi connectivity index (χ3v) is 5.59. The van der Waals surface area contributed by atoms with Gasteiger partial charge >= 0.3 is 0 Å². The fourth-order valence-electron chi connectivity index (χ4n) is 2.14. The summed E-state index contributed by atoms with van der Waals surface area (Å²) in [6.45, 7) is 6.67. The van der Waals surface area contributed by atoms with E-state index in [1.165, 1.54) is 6.26 Å². The molecule has 0 aromatic heterocycles. The normalized spacial score (nSPS) is 14.3. The molecular formula is C17H27Cl2N3O2S. The number of nitrogens with zero attached hydrogens (tertiary/aromatic N) is 1. The second-order valence-electron chi connectivity index (χ2n) is 7.01. The molecule has 0 fully saturated rings. The number of rotatable bonds is 7. The molecule has 0 radical (unpaired) electrons. The minimum Gasteiger partial charge on any atom is -0.356 e. The van der Waals surface area contributed by atoms with Gasteiger partial charge in [-0.25, -0.2) is 8.42 Å². The largest absolute Gasteiger partial charge is 0.356 e. The number of nitrogens with one attached hydrogen (secondary N) is 2. The van der Waals surface area contributed by atoms with Gasteiger partial charge in [0, 0.05) is 19.8 Å². The lowest BCUT2D eigenvalue weighted by Crippen LogP contribution is -2.43. The van der Waals surface area contributed by atoms with Crippen LogP contribution >= 0.6 is 23.2 Å². The Morgan fingerprint density at radius 2 is 1.92 bits per heavy atom. The van der Waals surface area contributed by atoms with E-state index in [9.17, 15) is 8.42 Å². The molecule has 1 unspecified atom stereocenters. The smallest absolute Gasteiger partial charge is 0.191 e. The quantitative estimate of drug-likeness (QED) is 0.533. The van der Waals surface area contributed by atoms with Gasteiger partial charge in [0.1, 0.15) is 9.84 Å². The second kappa shape index (κ2) is 9.10. The van der Waals surface area contributed by atoms with E-state index in [4.69, 9.17) is 23.2 Å². The van der Waals surface area contributed by atoms with Crippen molar-refractivity contribution in [1.82, 2.24) is 10.6 Å². The molecule has 5 nitrogen and oxygen atoms in total. The Morgan fingerprint density at radius 3 is 2.44 bits per heavy atom. The lowest BCUT2D eigenvalue weighted by Gasteiger charge is -2.27. The molecule has 0 bridgehead atoms. The van der Waals surface area contributed by atoms with Gasteiger partial charge in [0.15, 0.2) is 5.96 Å². The molecule has 25 heavy (non-hydrogen) atoms. The van der Waals surface area contributed by atoms with Gasteiger partial charge in [0.05, 0.1) is 21.8 Å². The zero-order chi connectivity index (χ0) is 19.3. The van der Waals surface area contributed by atoms with E-state index in [1.54, 1.807) is 13.1 Å². The van der Waals surface area contributed by atoms with E-state index in [1.807, 2.05) is 32.9 Å². The van der Waals surface area contributed by atoms with Crippen LogP contribution in [0.4, 0.5) is 0 Å². The number of benzene rings is 1. The molecule has 0 saturated carbocycles. The first kappa shape index (κ1) is 22.1. The van der Waals surface area contributed by atoms with Crippen molar-refractivity contribution in [2.75, 3.05) is 25.6 Å². The van der Waals surface area contributed by atoms with Gasteiger partial charge in [-0.2, -0.15) is 0 Å². The first-order valence-electron chi connectivity index (χ1n) is 8.03. The predicted octanol–water partition coefficient (Wildman–Crippen LogP) is 3.68. The number of hydrogen-bond acceptors (Lipinski definition) is 3. The average molecular weight is 408 g/mol. The molecule has 142 valence electrons. The number of hydrogen-bond donors (Lipinski definition) is 2. The Labute approximate surface area is 161 Å². The topological polar surface area (TPSA) is 70.6 Å². The van der Waals surface area contributed by atoms with Crippen LogP contribution in [0.15, 0.2) is 23.2 Å². The van der Waals surface area contributed by atoms with Gasteiger partial charge < -0.3 is 10.6 Å². The van der Waals surface area contributed by atoms with E-state index in [0.29, 0.717) is 29.0 Å². The number of sulfone groups is 1. The first-order chi connectivity index (χ1) is 11.4. The highest BCUT2D eigenvalue weighted by atomic mass is 35.5. The Morgan fingerprint density at radius 1 is 1.28 bits per heavy atom. The SMILES string of the molecule is CN=C(NCC(C)(C)CCS(C)(=O)=O)NC(C)c1ccc(Cl)c(Cl)c1. The minimum atomic E-state index is -2.96. The van der Waals surface area contributed by atoms with Gasteiger partial charge in [-0.1, -0.05) is 43.1 Å². The van der Waals surface area contributed by atoms with Crippen LogP contribution in [-0.2, 0) is 9.84 Å². The fraction of sp³-hybridized carbons (Fsp3) is 0.588. The summed E-state index contributed by atoms with van der Waals surface area (Å²) in [5.41, 5.74) is 0.821. The Balaban J connectivity index is 2.63. The maximum atomic E-state index is 11.3. The van der Waals surface area contributed by atoms with Gasteiger partial charge in [-0.3, -0.25) is 4.99 Å². The van der Waals surface area contributed by atoms with Crippen LogP contribution in [0.5, 0.6) is 0 Å². The summed E-state index contributed by atoms with van der Waals surface area (Å²) in [6, 6.07) is 5.49. The number of aliphatic imine (C=N–C) groups is 1. The van der Waals surface area contributed by atoms with Crippen LogP contribution in [0.1, 0.15) is 38.8 Å². The maximum Gasteiger partial charge on any atom is 0.191 e. The van der Waals surface area contributed by atoms with Crippen molar-refractivity contribution in [3.8, 4) is 0 Å². The van der Waals surface area contributed by atoms with Crippen LogP contribution in [0, 0.1) is 5.41 Å². The van der Waals surface area contributed by atoms with Crippen LogP contribution < -0.4 is 10.6 Å². The molecule has 0 heterocycles. The molecule has 0 spiro atoms. The van der Waals surface area contributed by atoms with E-state index in [0.717, 1.165) is 5.56 Å². The van der Waals surface area contributed by atoms with E-state index < -0.39 is 9.84 Å². The molecule has 0 saturated heterocycles. The van der Waals surface area contributed by atoms with Gasteiger partial charge in [0.2, 0.25) is 0 Å². The summed E-state index contributed by atoms with van der Waals surface area (Å²) in [5, 5.41) is 7.58. The first-order valence-corrected chi connectivity index (χ1v) is 10.8. The standard InChI is InChI=1S/C17H27Cl2N3O2S/c1-12(13-6-7-14(18)15(19)10-13)22-16(20-4)21-11-17(2,3)8-9-25(5,23)24/h6-7,10,12H,8-9,11H2,1-5H3,(H2,20,21,22). The van der Waals surface area contributed by atoms with Gasteiger partial charge in [-0.05, 0) is 36.5 Å². The van der Waals surface area contributed by atoms with Crippen LogP contribution in [-0.4, -0.2) is 40.0 Å². The monoisotopic (exact) mass is 407 g/mol. The highest BCUT2D eigenvalue weighted by Gasteiger charge is 2.21. The zero-order valence-corrected chi connectivity index (χ0v) is 17.7. The third-order valence-electron chi connectivity index (χ3n) is 3.90. The summed E-state index contributed by atoms with van der Waals surface area (Å²) in [4.78, 5) is 4.22. The Hall–Kier alpha value is -0.980. The molecule has 0 aliphatic carbocycles. The van der Waals surface area contributed by atoms with Crippen LogP contribution in [0.3, 0.4) is 0 Å². The molecule has 0 aliphatic rings. The van der Waals surface area contributed by atoms with E-state index in [2.05, 4.69) is 15.6 Å². The van der Waals surface area contributed by atoms with Gasteiger partial charge in [-0.15, -0.1) is 0 Å². The van der Waals surface area contributed by atoms with Crippen molar-refractivity contribution >= 4 is 39.0 Å². The van der Waals surface area contributed by atoms with Crippen molar-refractivity contribution in [1.29, 1.82) is 0 Å². The summed E-state index contributed by atoms with van der Waals surface area (Å²) < 4.78 is 22.7. The lowest BCUT2D eigenvalue weighted by molar-refractivity contribution is 0.348. The number of guanidine groups is 1. The van der Waals surface area contributed by atoms with E-state index >= 15 is 0 Å². The highest BCUT2D eigenvalue weighted by Crippen LogP contribution is 2.25. The summed E-state index contributed by atoms with van der Waals surface area (Å²) >= 11 is 12.0. The molecule has 1 rings (SSSR count). The van der Waals surface area contributed by atoms with E-state index in [-0.39, 0.29) is 17.2 Å². The van der Waals surface area contributed by atoms with Gasteiger partial charge in [0.25, 0.3) is 0 Å². The second-order valence-corrected chi connectivity index (χ2v) is 10.1. The molecular weight excluding hydrogens is 381 g/mol. The van der Waals surface area contributed by atoms with Crippen molar-refractivity contribution < 1.29 is 8.42 Å². The molecule has 1 aromatic carbocycles. The minimum absolute atomic E-state index is 0.0138. The number of halogens is 2. The van der Waals surface area contributed by atoms with Crippen molar-refractivity contribution in [2.24, 2.45) is 10.4 Å². The summed E-state index contributed by atoms with van der Waals surface area (Å²) in [7, 11) is -1.27. The zero-order valence-electron chi connectivity index (χ0n) is 15.4. The third kappa shape index (κ3) is 8.29. The van der Waals surface area contributed by atoms with Crippen LogP contribution in [0.2, 0.25) is 10.0 Å². The average Bonchev–Trinajstić information content (AvgIpc) is 2.51.